The quantitative estimate of drug-likeness (QED) is 0.384. The smallest absolute Gasteiger partial charge is 0.398 e. The summed E-state index contributed by atoms with van der Waals surface area (Å²) in [7, 11) is -5.29. The van der Waals surface area contributed by atoms with Crippen LogP contribution in [0.3, 0.4) is 0 Å². The van der Waals surface area contributed by atoms with Crippen molar-refractivity contribution in [3.8, 4) is 0 Å². The molecule has 1 fully saturated rings. The van der Waals surface area contributed by atoms with E-state index in [1.807, 2.05) is 52.8 Å². The molecule has 5 nitrogen and oxygen atoms in total. The summed E-state index contributed by atoms with van der Waals surface area (Å²) in [4.78, 5) is 0.263. The van der Waals surface area contributed by atoms with Crippen LogP contribution in [-0.4, -0.2) is 46.2 Å². The molecule has 0 radical (unpaired) electrons. The Kier molecular flexibility index (Phi) is 8.35. The molecule has 0 unspecified atom stereocenters. The Balaban J connectivity index is 2.29. The van der Waals surface area contributed by atoms with Crippen LogP contribution in [0.1, 0.15) is 59.4 Å². The van der Waals surface area contributed by atoms with Gasteiger partial charge in [0.1, 0.15) is 8.07 Å². The van der Waals surface area contributed by atoms with Crippen molar-refractivity contribution in [1.82, 2.24) is 4.31 Å². The minimum Gasteiger partial charge on any atom is -0.398 e. The van der Waals surface area contributed by atoms with Crippen molar-refractivity contribution < 1.29 is 17.7 Å². The van der Waals surface area contributed by atoms with E-state index >= 15 is 0 Å². The highest BCUT2D eigenvalue weighted by Gasteiger charge is 2.55. The molecule has 0 aliphatic carbocycles. The number of allylic oxidation sites excluding steroid dienone is 1. The summed E-state index contributed by atoms with van der Waals surface area (Å²) in [6, 6.07) is 17.5. The maximum Gasteiger partial charge on any atom is 0.512 e. The van der Waals surface area contributed by atoms with E-state index in [9.17, 15) is 8.42 Å². The minimum absolute atomic E-state index is 0.263. The highest BCUT2D eigenvalue weighted by atomic mass is 32.2. The molecule has 0 N–H and O–H groups in total. The molecule has 0 saturated carbocycles. The van der Waals surface area contributed by atoms with Crippen LogP contribution < -0.4 is 5.19 Å². The molecule has 1 aliphatic rings. The van der Waals surface area contributed by atoms with Gasteiger partial charge in [0, 0.05) is 7.05 Å². The number of benzene rings is 2. The van der Waals surface area contributed by atoms with Crippen molar-refractivity contribution in [3.63, 3.8) is 0 Å². The molecule has 0 aromatic heterocycles. The fourth-order valence-electron chi connectivity index (χ4n) is 4.58. The van der Waals surface area contributed by atoms with Crippen LogP contribution in [0.2, 0.25) is 13.1 Å². The zero-order valence-electron chi connectivity index (χ0n) is 23.4. The molecule has 8 heteroatoms. The van der Waals surface area contributed by atoms with Gasteiger partial charge >= 0.3 is 7.12 Å². The zero-order chi connectivity index (χ0) is 26.9. The van der Waals surface area contributed by atoms with E-state index < -0.39 is 36.4 Å². The predicted molar refractivity (Wildman–Crippen MR) is 152 cm³/mol. The Morgan fingerprint density at radius 1 is 0.944 bits per heavy atom. The third-order valence-corrected chi connectivity index (χ3v) is 13.4. The van der Waals surface area contributed by atoms with Gasteiger partial charge in [-0.15, -0.1) is 0 Å². The van der Waals surface area contributed by atoms with Gasteiger partial charge in [0.2, 0.25) is 0 Å². The molecule has 1 saturated heterocycles. The van der Waals surface area contributed by atoms with Crippen molar-refractivity contribution >= 4 is 30.4 Å². The van der Waals surface area contributed by atoms with Crippen molar-refractivity contribution in [2.75, 3.05) is 7.05 Å². The summed E-state index contributed by atoms with van der Waals surface area (Å²) < 4.78 is 42.5. The number of hydrogen-bond donors (Lipinski definition) is 0. The molecule has 196 valence electrons. The average molecular weight is 528 g/mol. The molecule has 2 aromatic carbocycles. The standard InChI is InChI=1S/C28H42BNO4SSi/c1-10-11-17-25(36(8,9)24-15-13-12-14-16-24)26(29-33-27(3,4)28(5,6)34-29)30(7)35(31,32)23-20-18-22(2)19-21-23/h12-16,18-21H,10-11,17H2,1-9H3/b26-25+. The molecule has 0 spiro atoms. The van der Waals surface area contributed by atoms with E-state index in [-0.39, 0.29) is 4.90 Å². The summed E-state index contributed by atoms with van der Waals surface area (Å²) in [6.45, 7) is 16.7. The van der Waals surface area contributed by atoms with Gasteiger partial charge in [-0.05, 0) is 53.2 Å². The topological polar surface area (TPSA) is 55.8 Å². The second-order valence-corrected chi connectivity index (χ2v) is 17.7. The van der Waals surface area contributed by atoms with E-state index in [4.69, 9.17) is 9.31 Å². The van der Waals surface area contributed by atoms with E-state index in [1.54, 1.807) is 19.2 Å². The van der Waals surface area contributed by atoms with Crippen LogP contribution in [0.15, 0.2) is 70.3 Å². The fraction of sp³-hybridized carbons (Fsp3) is 0.500. The van der Waals surface area contributed by atoms with E-state index in [0.29, 0.717) is 5.60 Å². The molecule has 1 aliphatic heterocycles. The van der Waals surface area contributed by atoms with Gasteiger partial charge in [-0.2, -0.15) is 0 Å². The van der Waals surface area contributed by atoms with Crippen LogP contribution >= 0.6 is 0 Å². The third-order valence-electron chi connectivity index (χ3n) is 7.83. The van der Waals surface area contributed by atoms with Crippen LogP contribution in [0.25, 0.3) is 0 Å². The first-order valence-corrected chi connectivity index (χ1v) is 17.3. The van der Waals surface area contributed by atoms with Crippen molar-refractivity contribution in [2.24, 2.45) is 0 Å². The summed E-state index contributed by atoms with van der Waals surface area (Å²) in [5.74, 6) is 0. The number of nitrogens with zero attached hydrogens (tertiary/aromatic N) is 1. The first kappa shape index (κ1) is 28.7. The van der Waals surface area contributed by atoms with Gasteiger partial charge in [0.15, 0.2) is 0 Å². The molecule has 0 atom stereocenters. The van der Waals surface area contributed by atoms with E-state index in [1.165, 1.54) is 9.49 Å². The van der Waals surface area contributed by atoms with Crippen molar-refractivity contribution in [3.05, 3.63) is 71.0 Å². The summed E-state index contributed by atoms with van der Waals surface area (Å²) in [5.41, 5.74) is 0.458. The maximum absolute atomic E-state index is 14.0. The number of rotatable bonds is 9. The maximum atomic E-state index is 14.0. The molecule has 3 rings (SSSR count). The lowest BCUT2D eigenvalue weighted by Gasteiger charge is -2.34. The van der Waals surface area contributed by atoms with Gasteiger partial charge < -0.3 is 9.31 Å². The van der Waals surface area contributed by atoms with Gasteiger partial charge in [-0.25, -0.2) is 8.42 Å². The molecule has 1 heterocycles. The van der Waals surface area contributed by atoms with E-state index in [0.717, 1.165) is 30.0 Å². The highest BCUT2D eigenvalue weighted by Crippen LogP contribution is 2.42. The molecule has 0 bridgehead atoms. The second-order valence-electron chi connectivity index (χ2n) is 11.3. The fourth-order valence-corrected chi connectivity index (χ4v) is 9.01. The number of unbranched alkanes of at least 4 members (excludes halogenated alkanes) is 1. The van der Waals surface area contributed by atoms with Gasteiger partial charge in [-0.1, -0.05) is 91.3 Å². The van der Waals surface area contributed by atoms with Gasteiger partial charge in [0.05, 0.1) is 21.7 Å². The summed E-state index contributed by atoms with van der Waals surface area (Å²) in [5, 5.41) is 2.40. The van der Waals surface area contributed by atoms with Crippen LogP contribution in [0.4, 0.5) is 0 Å². The van der Waals surface area contributed by atoms with Crippen molar-refractivity contribution in [2.45, 2.75) is 90.0 Å². The number of hydrogen-bond acceptors (Lipinski definition) is 4. The molecular weight excluding hydrogens is 485 g/mol. The Hall–Kier alpha value is -1.87. The Labute approximate surface area is 220 Å². The average Bonchev–Trinajstić information content (AvgIpc) is 3.03. The summed E-state index contributed by atoms with van der Waals surface area (Å²) in [6.07, 6.45) is 2.76. The lowest BCUT2D eigenvalue weighted by atomic mass is 9.83. The lowest BCUT2D eigenvalue weighted by Crippen LogP contribution is -2.49. The minimum atomic E-state index is -3.84. The van der Waals surface area contributed by atoms with E-state index in [2.05, 4.69) is 44.3 Å². The number of sulfonamides is 1. The van der Waals surface area contributed by atoms with Crippen LogP contribution in [-0.2, 0) is 19.3 Å². The third kappa shape index (κ3) is 5.52. The van der Waals surface area contributed by atoms with Crippen LogP contribution in [0, 0.1) is 6.92 Å². The highest BCUT2D eigenvalue weighted by molar-refractivity contribution is 7.89. The Morgan fingerprint density at radius 2 is 1.47 bits per heavy atom. The van der Waals surface area contributed by atoms with Crippen molar-refractivity contribution in [1.29, 1.82) is 0 Å². The lowest BCUT2D eigenvalue weighted by molar-refractivity contribution is 0.00578. The van der Waals surface area contributed by atoms with Crippen LogP contribution in [0.5, 0.6) is 0 Å². The first-order valence-electron chi connectivity index (χ1n) is 12.9. The molecule has 0 amide bonds. The SMILES string of the molecule is CCCC/C(=C(/B1OC(C)(C)C(C)(C)O1)N(C)S(=O)(=O)c1ccc(C)cc1)[Si](C)(C)c1ccccc1. The van der Waals surface area contributed by atoms with Gasteiger partial charge in [0.25, 0.3) is 10.0 Å². The number of aryl methyl sites for hydroxylation is 1. The molecule has 2 aromatic rings. The molecular formula is C28H42BNO4SSi. The normalized spacial score (nSPS) is 18.2. The predicted octanol–water partition coefficient (Wildman–Crippen LogP) is 5.85. The molecule has 36 heavy (non-hydrogen) atoms. The monoisotopic (exact) mass is 527 g/mol. The zero-order valence-corrected chi connectivity index (χ0v) is 25.2. The largest absolute Gasteiger partial charge is 0.512 e. The second kappa shape index (κ2) is 10.5. The van der Waals surface area contributed by atoms with Gasteiger partial charge in [-0.3, -0.25) is 4.31 Å². The Morgan fingerprint density at radius 3 is 1.97 bits per heavy atom. The first-order chi connectivity index (χ1) is 16.6. The Bertz CT molecular complexity index is 1180. The summed E-state index contributed by atoms with van der Waals surface area (Å²) >= 11 is 0.